The third-order valence-electron chi connectivity index (χ3n) is 7.12. The van der Waals surface area contributed by atoms with Gasteiger partial charge in [0.25, 0.3) is 5.56 Å². The molecule has 0 aliphatic heterocycles. The molecule has 0 bridgehead atoms. The number of nitrogens with zero attached hydrogens (tertiary/aromatic N) is 1. The van der Waals surface area contributed by atoms with E-state index in [1.54, 1.807) is 17.0 Å². The summed E-state index contributed by atoms with van der Waals surface area (Å²) in [6.45, 7) is 9.78. The molecule has 1 saturated carbocycles. The summed E-state index contributed by atoms with van der Waals surface area (Å²) in [5, 5.41) is 6.55. The van der Waals surface area contributed by atoms with Crippen LogP contribution < -0.4 is 16.2 Å². The van der Waals surface area contributed by atoms with Gasteiger partial charge in [-0.25, -0.2) is 4.39 Å². The van der Waals surface area contributed by atoms with Crippen molar-refractivity contribution >= 4 is 0 Å². The van der Waals surface area contributed by atoms with Crippen molar-refractivity contribution < 1.29 is 4.39 Å². The molecular weight excluding hydrogens is 413 g/mol. The second kappa shape index (κ2) is 11.4. The van der Waals surface area contributed by atoms with Gasteiger partial charge in [0.1, 0.15) is 12.2 Å². The van der Waals surface area contributed by atoms with Crippen molar-refractivity contribution in [2.24, 2.45) is 5.92 Å². The average Bonchev–Trinajstić information content (AvgIpc) is 3.31. The minimum atomic E-state index is -0.874. The van der Waals surface area contributed by atoms with E-state index < -0.39 is 12.2 Å². The van der Waals surface area contributed by atoms with Crippen LogP contribution in [0.25, 0.3) is 0 Å². The Kier molecular flexibility index (Phi) is 8.54. The minimum absolute atomic E-state index is 0.0600. The zero-order chi connectivity index (χ0) is 23.8. The van der Waals surface area contributed by atoms with Crippen molar-refractivity contribution in [3.63, 3.8) is 0 Å². The average molecular weight is 452 g/mol. The molecule has 178 valence electrons. The van der Waals surface area contributed by atoms with Crippen molar-refractivity contribution in [3.8, 4) is 0 Å². The molecule has 0 aromatic carbocycles. The van der Waals surface area contributed by atoms with Crippen LogP contribution in [0.15, 0.2) is 83.1 Å². The first-order valence-electron chi connectivity index (χ1n) is 12.0. The first-order valence-corrected chi connectivity index (χ1v) is 12.0. The van der Waals surface area contributed by atoms with Crippen LogP contribution in [0.2, 0.25) is 0 Å². The Bertz CT molecular complexity index is 1010. The summed E-state index contributed by atoms with van der Waals surface area (Å²) in [4.78, 5) is 12.9. The number of aromatic nitrogens is 1. The minimum Gasteiger partial charge on any atom is -0.390 e. The Labute approximate surface area is 197 Å². The molecule has 0 amide bonds. The van der Waals surface area contributed by atoms with E-state index in [-0.39, 0.29) is 5.56 Å². The molecule has 0 radical (unpaired) electrons. The maximum Gasteiger partial charge on any atom is 0.253 e. The van der Waals surface area contributed by atoms with Crippen LogP contribution in [0.4, 0.5) is 4.39 Å². The molecule has 0 saturated heterocycles. The third kappa shape index (κ3) is 5.58. The van der Waals surface area contributed by atoms with Gasteiger partial charge in [0, 0.05) is 24.5 Å². The van der Waals surface area contributed by atoms with Crippen LogP contribution in [0.1, 0.15) is 50.5 Å². The van der Waals surface area contributed by atoms with Crippen molar-refractivity contribution in [1.82, 2.24) is 15.2 Å². The summed E-state index contributed by atoms with van der Waals surface area (Å²) >= 11 is 0. The van der Waals surface area contributed by atoms with Crippen LogP contribution in [0, 0.1) is 12.8 Å². The predicted octanol–water partition coefficient (Wildman–Crippen LogP) is 5.48. The summed E-state index contributed by atoms with van der Waals surface area (Å²) in [6, 6.07) is 3.68. The van der Waals surface area contributed by atoms with Crippen molar-refractivity contribution in [3.05, 3.63) is 94.2 Å². The van der Waals surface area contributed by atoms with Gasteiger partial charge in [0.2, 0.25) is 0 Å². The Hall–Kier alpha value is -2.82. The van der Waals surface area contributed by atoms with Crippen LogP contribution in [0.5, 0.6) is 0 Å². The fourth-order valence-electron chi connectivity index (χ4n) is 5.16. The lowest BCUT2D eigenvalue weighted by atomic mass is 9.81. The van der Waals surface area contributed by atoms with Gasteiger partial charge >= 0.3 is 0 Å². The fraction of sp³-hybridized carbons (Fsp3) is 0.464. The predicted molar refractivity (Wildman–Crippen MR) is 136 cm³/mol. The van der Waals surface area contributed by atoms with E-state index in [1.165, 1.54) is 31.3 Å². The van der Waals surface area contributed by atoms with E-state index in [4.69, 9.17) is 0 Å². The SMILES string of the molecule is C=CNC(Cn1cccc(C)c1=O)(C(=C)NC)C1=C/C(CF)=C(/CC2CCCC2)CCC=C1. The number of alkyl halides is 1. The molecule has 3 rings (SSSR count). The Balaban J connectivity index is 2.13. The lowest BCUT2D eigenvalue weighted by molar-refractivity contribution is 0.407. The largest absolute Gasteiger partial charge is 0.390 e. The number of hydrogen-bond acceptors (Lipinski definition) is 3. The molecule has 1 unspecified atom stereocenters. The molecule has 1 fully saturated rings. The fourth-order valence-corrected chi connectivity index (χ4v) is 5.16. The van der Waals surface area contributed by atoms with Crippen LogP contribution in [-0.4, -0.2) is 23.8 Å². The van der Waals surface area contributed by atoms with Gasteiger partial charge in [0.05, 0.1) is 6.54 Å². The Morgan fingerprint density at radius 3 is 2.79 bits per heavy atom. The summed E-state index contributed by atoms with van der Waals surface area (Å²) in [6.07, 6.45) is 17.3. The molecule has 0 spiro atoms. The molecule has 2 aliphatic carbocycles. The van der Waals surface area contributed by atoms with E-state index in [1.807, 2.05) is 38.3 Å². The van der Waals surface area contributed by atoms with Gasteiger partial charge in [-0.2, -0.15) is 0 Å². The molecule has 1 aromatic rings. The molecule has 1 aromatic heterocycles. The highest BCUT2D eigenvalue weighted by atomic mass is 19.1. The summed E-state index contributed by atoms with van der Waals surface area (Å²) < 4.78 is 16.1. The highest BCUT2D eigenvalue weighted by Gasteiger charge is 2.36. The lowest BCUT2D eigenvalue weighted by Gasteiger charge is -2.38. The van der Waals surface area contributed by atoms with Gasteiger partial charge in [-0.05, 0) is 55.5 Å². The smallest absolute Gasteiger partial charge is 0.253 e. The van der Waals surface area contributed by atoms with Gasteiger partial charge in [0.15, 0.2) is 0 Å². The number of rotatable bonds is 10. The van der Waals surface area contributed by atoms with Crippen LogP contribution in [-0.2, 0) is 6.54 Å². The second-order valence-corrected chi connectivity index (χ2v) is 9.26. The maximum atomic E-state index is 14.4. The van der Waals surface area contributed by atoms with Crippen LogP contribution in [0.3, 0.4) is 0 Å². The highest BCUT2D eigenvalue weighted by Crippen LogP contribution is 2.36. The second-order valence-electron chi connectivity index (χ2n) is 9.26. The van der Waals surface area contributed by atoms with E-state index in [2.05, 4.69) is 29.9 Å². The van der Waals surface area contributed by atoms with Crippen molar-refractivity contribution in [1.29, 1.82) is 0 Å². The molecule has 2 N–H and O–H groups in total. The molecule has 1 atom stereocenters. The number of hydrogen-bond donors (Lipinski definition) is 2. The molecule has 1 heterocycles. The molecule has 33 heavy (non-hydrogen) atoms. The van der Waals surface area contributed by atoms with Crippen molar-refractivity contribution in [2.75, 3.05) is 13.7 Å². The molecule has 5 heteroatoms. The van der Waals surface area contributed by atoms with Crippen LogP contribution >= 0.6 is 0 Å². The van der Waals surface area contributed by atoms with Crippen molar-refractivity contribution in [2.45, 2.75) is 64.0 Å². The Morgan fingerprint density at radius 1 is 1.36 bits per heavy atom. The van der Waals surface area contributed by atoms with E-state index >= 15 is 0 Å². The number of nitrogens with one attached hydrogen (secondary N) is 2. The van der Waals surface area contributed by atoms with E-state index in [0.717, 1.165) is 30.4 Å². The standard InChI is InChI=1S/C28H38FN3O/c1-5-31-28(22(3)30-4,20-32-16-10-11-21(2)27(32)33)26-15-9-8-14-24(25(18-26)19-29)17-23-12-6-7-13-23/h5,9-11,15-16,18,23,30-31H,1,3,6-8,12-14,17,19-20H2,2,4H3/b15-9?,25-24-,26-18?. The van der Waals surface area contributed by atoms with E-state index in [9.17, 15) is 9.18 Å². The first-order chi connectivity index (χ1) is 15.9. The summed E-state index contributed by atoms with van der Waals surface area (Å²) in [5.41, 5.74) is 3.27. The summed E-state index contributed by atoms with van der Waals surface area (Å²) in [7, 11) is 1.81. The number of halogens is 1. The Morgan fingerprint density at radius 2 is 2.12 bits per heavy atom. The van der Waals surface area contributed by atoms with Gasteiger partial charge < -0.3 is 15.2 Å². The quantitative estimate of drug-likeness (QED) is 0.495. The topological polar surface area (TPSA) is 46.1 Å². The summed E-state index contributed by atoms with van der Waals surface area (Å²) in [5.74, 6) is 0.663. The third-order valence-corrected chi connectivity index (χ3v) is 7.12. The van der Waals surface area contributed by atoms with Gasteiger partial charge in [-0.3, -0.25) is 4.79 Å². The normalized spacial score (nSPS) is 21.0. The number of pyridine rings is 1. The molecule has 2 aliphatic rings. The monoisotopic (exact) mass is 451 g/mol. The number of likely N-dealkylation sites (N-methyl/N-ethyl adjacent to an activating group) is 1. The maximum absolute atomic E-state index is 14.4. The van der Waals surface area contributed by atoms with E-state index in [0.29, 0.717) is 23.7 Å². The zero-order valence-corrected chi connectivity index (χ0v) is 20.1. The number of aryl methyl sites for hydroxylation is 1. The van der Waals surface area contributed by atoms with Gasteiger partial charge in [-0.15, -0.1) is 0 Å². The molecular formula is C28H38FN3O. The highest BCUT2D eigenvalue weighted by molar-refractivity contribution is 5.47. The number of allylic oxidation sites excluding steroid dienone is 4. The van der Waals surface area contributed by atoms with Gasteiger partial charge in [-0.1, -0.05) is 68.7 Å². The lowest BCUT2D eigenvalue weighted by Crippen LogP contribution is -2.53. The molecule has 4 nitrogen and oxygen atoms in total. The first kappa shape index (κ1) is 24.8. The zero-order valence-electron chi connectivity index (χ0n) is 20.1.